The number of amides is 1. The van der Waals surface area contributed by atoms with Gasteiger partial charge in [0.05, 0.1) is 11.4 Å². The molecule has 0 unspecified atom stereocenters. The van der Waals surface area contributed by atoms with Gasteiger partial charge in [-0.1, -0.05) is 66.7 Å². The van der Waals surface area contributed by atoms with E-state index in [9.17, 15) is 13.2 Å². The second kappa shape index (κ2) is 9.70. The van der Waals surface area contributed by atoms with Gasteiger partial charge in [-0.2, -0.15) is 4.31 Å². The Morgan fingerprint density at radius 3 is 2.21 bits per heavy atom. The van der Waals surface area contributed by atoms with Crippen LogP contribution in [-0.4, -0.2) is 74.2 Å². The number of rotatable bonds is 5. The third kappa shape index (κ3) is 4.78. The van der Waals surface area contributed by atoms with E-state index in [2.05, 4.69) is 23.1 Å². The van der Waals surface area contributed by atoms with Gasteiger partial charge >= 0.3 is 0 Å². The van der Waals surface area contributed by atoms with Crippen molar-refractivity contribution in [1.29, 1.82) is 0 Å². The van der Waals surface area contributed by atoms with E-state index in [0.717, 1.165) is 30.3 Å². The molecule has 34 heavy (non-hydrogen) atoms. The molecule has 0 bridgehead atoms. The van der Waals surface area contributed by atoms with Crippen LogP contribution in [0.4, 0.5) is 0 Å². The van der Waals surface area contributed by atoms with Gasteiger partial charge in [0.1, 0.15) is 0 Å². The van der Waals surface area contributed by atoms with E-state index >= 15 is 0 Å². The fourth-order valence-corrected chi connectivity index (χ4v) is 6.17. The van der Waals surface area contributed by atoms with E-state index < -0.39 is 10.0 Å². The summed E-state index contributed by atoms with van der Waals surface area (Å²) in [5, 5.41) is 1.92. The first-order valence-electron chi connectivity index (χ1n) is 11.7. The standard InChI is InChI=1S/C27H29N3O3S/c31-27(21-28-14-12-24(13-15-28)22-6-2-1-3-7-22)29-16-18-30(19-17-29)34(32,33)26-11-10-23-8-4-5-9-25(23)20-26/h1-12,20H,13-19,21H2. The fourth-order valence-electron chi connectivity index (χ4n) is 4.72. The molecule has 2 aliphatic heterocycles. The molecule has 1 saturated heterocycles. The van der Waals surface area contributed by atoms with E-state index in [1.54, 1.807) is 17.0 Å². The van der Waals surface area contributed by atoms with E-state index in [-0.39, 0.29) is 5.91 Å². The minimum Gasteiger partial charge on any atom is -0.339 e. The number of carbonyl (C=O) groups is 1. The van der Waals surface area contributed by atoms with Gasteiger partial charge in [-0.3, -0.25) is 9.69 Å². The molecule has 0 atom stereocenters. The van der Waals surface area contributed by atoms with Crippen LogP contribution in [0.3, 0.4) is 0 Å². The van der Waals surface area contributed by atoms with Crippen molar-refractivity contribution in [3.63, 3.8) is 0 Å². The number of nitrogens with zero attached hydrogens (tertiary/aromatic N) is 3. The molecule has 3 aromatic rings. The van der Waals surface area contributed by atoms with Gasteiger partial charge < -0.3 is 4.90 Å². The van der Waals surface area contributed by atoms with Crippen molar-refractivity contribution in [1.82, 2.24) is 14.1 Å². The first-order chi connectivity index (χ1) is 16.5. The van der Waals surface area contributed by atoms with Crippen LogP contribution in [0.1, 0.15) is 12.0 Å². The quantitative estimate of drug-likeness (QED) is 0.567. The van der Waals surface area contributed by atoms with E-state index in [0.29, 0.717) is 37.6 Å². The lowest BCUT2D eigenvalue weighted by atomic mass is 9.99. The summed E-state index contributed by atoms with van der Waals surface area (Å²) in [5.74, 6) is 0.0688. The summed E-state index contributed by atoms with van der Waals surface area (Å²) in [4.78, 5) is 17.1. The summed E-state index contributed by atoms with van der Waals surface area (Å²) in [6, 6.07) is 23.3. The predicted molar refractivity (Wildman–Crippen MR) is 135 cm³/mol. The van der Waals surface area contributed by atoms with Crippen molar-refractivity contribution in [2.75, 3.05) is 45.8 Å². The molecular formula is C27H29N3O3S. The Bertz CT molecular complexity index is 1310. The molecule has 7 heteroatoms. The average Bonchev–Trinajstić information content (AvgIpc) is 2.89. The van der Waals surface area contributed by atoms with Crippen LogP contribution in [-0.2, 0) is 14.8 Å². The van der Waals surface area contributed by atoms with Crippen molar-refractivity contribution in [3.05, 3.63) is 84.4 Å². The third-order valence-corrected chi connectivity index (χ3v) is 8.64. The zero-order valence-corrected chi connectivity index (χ0v) is 20.0. The number of fused-ring (bicyclic) bond motifs is 1. The molecule has 3 aromatic carbocycles. The smallest absolute Gasteiger partial charge is 0.243 e. The summed E-state index contributed by atoms with van der Waals surface area (Å²) < 4.78 is 27.9. The molecule has 0 spiro atoms. The van der Waals surface area contributed by atoms with Crippen molar-refractivity contribution < 1.29 is 13.2 Å². The highest BCUT2D eigenvalue weighted by Gasteiger charge is 2.30. The minimum atomic E-state index is -3.59. The van der Waals surface area contributed by atoms with E-state index in [4.69, 9.17) is 0 Å². The number of hydrogen-bond acceptors (Lipinski definition) is 4. The SMILES string of the molecule is O=C(CN1CC=C(c2ccccc2)CC1)N1CCN(S(=O)(=O)c2ccc3ccccc3c2)CC1. The summed E-state index contributed by atoms with van der Waals surface area (Å²) in [7, 11) is -3.59. The van der Waals surface area contributed by atoms with Crippen molar-refractivity contribution in [2.24, 2.45) is 0 Å². The first kappa shape index (κ1) is 22.8. The molecule has 2 heterocycles. The number of piperazine rings is 1. The van der Waals surface area contributed by atoms with Gasteiger partial charge in [0.15, 0.2) is 0 Å². The van der Waals surface area contributed by atoms with Crippen LogP contribution in [0.15, 0.2) is 83.8 Å². The van der Waals surface area contributed by atoms with E-state index in [1.165, 1.54) is 15.4 Å². The molecule has 176 valence electrons. The van der Waals surface area contributed by atoms with E-state index in [1.807, 2.05) is 48.5 Å². The second-order valence-electron chi connectivity index (χ2n) is 8.87. The highest BCUT2D eigenvalue weighted by molar-refractivity contribution is 7.89. The molecule has 0 aliphatic carbocycles. The summed E-state index contributed by atoms with van der Waals surface area (Å²) in [6.07, 6.45) is 3.13. The van der Waals surface area contributed by atoms with Gasteiger partial charge in [0, 0.05) is 39.3 Å². The highest BCUT2D eigenvalue weighted by Crippen LogP contribution is 2.24. The number of hydrogen-bond donors (Lipinski definition) is 0. The maximum Gasteiger partial charge on any atom is 0.243 e. The topological polar surface area (TPSA) is 60.9 Å². The molecule has 0 N–H and O–H groups in total. The molecule has 0 aromatic heterocycles. The Hall–Kier alpha value is -3.00. The van der Waals surface area contributed by atoms with Crippen LogP contribution in [0.2, 0.25) is 0 Å². The zero-order chi connectivity index (χ0) is 23.5. The first-order valence-corrected chi connectivity index (χ1v) is 13.2. The van der Waals surface area contributed by atoms with Gasteiger partial charge in [-0.25, -0.2) is 8.42 Å². The zero-order valence-electron chi connectivity index (χ0n) is 19.1. The number of benzene rings is 3. The van der Waals surface area contributed by atoms with Gasteiger partial charge in [0.25, 0.3) is 0 Å². The summed E-state index contributed by atoms with van der Waals surface area (Å²) in [5.41, 5.74) is 2.58. The molecule has 5 rings (SSSR count). The number of carbonyl (C=O) groups excluding carboxylic acids is 1. The van der Waals surface area contributed by atoms with Crippen LogP contribution in [0.5, 0.6) is 0 Å². The Labute approximate surface area is 201 Å². The molecule has 1 amide bonds. The van der Waals surface area contributed by atoms with Crippen molar-refractivity contribution in [3.8, 4) is 0 Å². The Kier molecular flexibility index (Phi) is 6.50. The third-order valence-electron chi connectivity index (χ3n) is 6.75. The molecule has 0 saturated carbocycles. The lowest BCUT2D eigenvalue weighted by molar-refractivity contribution is -0.133. The average molecular weight is 476 g/mol. The Morgan fingerprint density at radius 1 is 0.794 bits per heavy atom. The molecule has 0 radical (unpaired) electrons. The van der Waals surface area contributed by atoms with Crippen LogP contribution in [0.25, 0.3) is 16.3 Å². The Balaban J connectivity index is 1.16. The molecule has 1 fully saturated rings. The number of sulfonamides is 1. The second-order valence-corrected chi connectivity index (χ2v) is 10.8. The van der Waals surface area contributed by atoms with Gasteiger partial charge in [-0.15, -0.1) is 0 Å². The monoisotopic (exact) mass is 475 g/mol. The maximum absolute atomic E-state index is 13.2. The van der Waals surface area contributed by atoms with Crippen LogP contribution < -0.4 is 0 Å². The van der Waals surface area contributed by atoms with Crippen molar-refractivity contribution in [2.45, 2.75) is 11.3 Å². The van der Waals surface area contributed by atoms with Gasteiger partial charge in [-0.05, 0) is 40.5 Å². The predicted octanol–water partition coefficient (Wildman–Crippen LogP) is 3.46. The largest absolute Gasteiger partial charge is 0.339 e. The summed E-state index contributed by atoms with van der Waals surface area (Å²) >= 11 is 0. The maximum atomic E-state index is 13.2. The van der Waals surface area contributed by atoms with Crippen molar-refractivity contribution >= 4 is 32.3 Å². The fraction of sp³-hybridized carbons (Fsp3) is 0.296. The Morgan fingerprint density at radius 2 is 1.50 bits per heavy atom. The lowest BCUT2D eigenvalue weighted by Gasteiger charge is -2.35. The minimum absolute atomic E-state index is 0.0688. The lowest BCUT2D eigenvalue weighted by Crippen LogP contribution is -2.52. The van der Waals surface area contributed by atoms with Gasteiger partial charge in [0.2, 0.25) is 15.9 Å². The van der Waals surface area contributed by atoms with Crippen LogP contribution in [0, 0.1) is 0 Å². The molecule has 6 nitrogen and oxygen atoms in total. The molecule has 2 aliphatic rings. The normalized spacial score (nSPS) is 18.1. The van der Waals surface area contributed by atoms with Crippen LogP contribution >= 0.6 is 0 Å². The summed E-state index contributed by atoms with van der Waals surface area (Å²) in [6.45, 7) is 3.46. The highest BCUT2D eigenvalue weighted by atomic mass is 32.2. The molecular weight excluding hydrogens is 446 g/mol.